The Kier molecular flexibility index (Phi) is 8.40. The highest BCUT2D eigenvalue weighted by Crippen LogP contribution is 1.98. The Balaban J connectivity index is 3.60. The van der Waals surface area contributed by atoms with E-state index >= 15 is 0 Å². The van der Waals surface area contributed by atoms with Gasteiger partial charge in [0.25, 0.3) is 0 Å². The molecule has 0 aliphatic carbocycles. The predicted molar refractivity (Wildman–Crippen MR) is 56.7 cm³/mol. The summed E-state index contributed by atoms with van der Waals surface area (Å²) >= 11 is 0. The van der Waals surface area contributed by atoms with Crippen LogP contribution in [-0.2, 0) is 0 Å². The highest BCUT2D eigenvalue weighted by molar-refractivity contribution is 4.61. The summed E-state index contributed by atoms with van der Waals surface area (Å²) in [5, 5.41) is 9.25. The molecule has 3 nitrogen and oxygen atoms in total. The second-order valence-electron chi connectivity index (χ2n) is 3.65. The smallest absolute Gasteiger partial charge is 0.0639 e. The van der Waals surface area contributed by atoms with Gasteiger partial charge >= 0.3 is 0 Å². The van der Waals surface area contributed by atoms with Gasteiger partial charge in [-0.15, -0.1) is 0 Å². The van der Waals surface area contributed by atoms with Gasteiger partial charge in [-0.2, -0.15) is 0 Å². The van der Waals surface area contributed by atoms with Gasteiger partial charge in [-0.25, -0.2) is 0 Å². The number of nitrogens with two attached hydrogens (primary N) is 1. The molecule has 0 saturated heterocycles. The van der Waals surface area contributed by atoms with Crippen molar-refractivity contribution in [1.29, 1.82) is 0 Å². The van der Waals surface area contributed by atoms with E-state index in [-0.39, 0.29) is 6.10 Å². The van der Waals surface area contributed by atoms with Crippen molar-refractivity contribution >= 4 is 0 Å². The van der Waals surface area contributed by atoms with Crippen molar-refractivity contribution in [3.63, 3.8) is 0 Å². The van der Waals surface area contributed by atoms with Crippen molar-refractivity contribution in [1.82, 2.24) is 4.90 Å². The maximum Gasteiger partial charge on any atom is 0.0639 e. The van der Waals surface area contributed by atoms with Crippen LogP contribution in [0.2, 0.25) is 0 Å². The fourth-order valence-electron chi connectivity index (χ4n) is 1.36. The van der Waals surface area contributed by atoms with Gasteiger partial charge in [0, 0.05) is 6.54 Å². The lowest BCUT2D eigenvalue weighted by Crippen LogP contribution is -2.33. The molecule has 0 radical (unpaired) electrons. The molecule has 0 aliphatic rings. The molecular formula is C10H24N2O. The van der Waals surface area contributed by atoms with Crippen LogP contribution < -0.4 is 5.73 Å². The summed E-state index contributed by atoms with van der Waals surface area (Å²) in [5.74, 6) is 0. The van der Waals surface area contributed by atoms with Crippen molar-refractivity contribution < 1.29 is 5.11 Å². The molecule has 0 aromatic heterocycles. The third-order valence-electron chi connectivity index (χ3n) is 2.03. The monoisotopic (exact) mass is 188 g/mol. The summed E-state index contributed by atoms with van der Waals surface area (Å²) in [5.41, 5.74) is 5.45. The van der Waals surface area contributed by atoms with E-state index in [1.807, 2.05) is 6.92 Å². The van der Waals surface area contributed by atoms with Crippen LogP contribution in [0.5, 0.6) is 0 Å². The first kappa shape index (κ1) is 12.9. The Labute approximate surface area is 81.9 Å². The maximum absolute atomic E-state index is 9.25. The maximum atomic E-state index is 9.25. The lowest BCUT2D eigenvalue weighted by Gasteiger charge is -2.23. The van der Waals surface area contributed by atoms with Crippen LogP contribution >= 0.6 is 0 Å². The Morgan fingerprint density at radius 1 is 1.31 bits per heavy atom. The third kappa shape index (κ3) is 8.22. The average Bonchev–Trinajstić information content (AvgIpc) is 2.09. The van der Waals surface area contributed by atoms with E-state index < -0.39 is 0 Å². The third-order valence-corrected chi connectivity index (χ3v) is 2.03. The number of aliphatic hydroxyl groups is 1. The lowest BCUT2D eigenvalue weighted by atomic mass is 10.2. The number of aliphatic hydroxyl groups excluding tert-OH is 1. The first-order chi connectivity index (χ1) is 6.20. The van der Waals surface area contributed by atoms with Crippen LogP contribution in [0.15, 0.2) is 0 Å². The van der Waals surface area contributed by atoms with Crippen molar-refractivity contribution in [2.24, 2.45) is 5.73 Å². The van der Waals surface area contributed by atoms with Gasteiger partial charge in [0.15, 0.2) is 0 Å². The highest BCUT2D eigenvalue weighted by atomic mass is 16.3. The molecule has 0 aliphatic heterocycles. The van der Waals surface area contributed by atoms with Crippen LogP contribution in [0, 0.1) is 0 Å². The molecule has 0 aromatic carbocycles. The summed E-state index contributed by atoms with van der Waals surface area (Å²) in [6.45, 7) is 7.64. The zero-order chi connectivity index (χ0) is 10.1. The average molecular weight is 188 g/mol. The minimum absolute atomic E-state index is 0.227. The van der Waals surface area contributed by atoms with Crippen molar-refractivity contribution in [2.45, 2.75) is 39.2 Å². The zero-order valence-corrected chi connectivity index (χ0v) is 9.00. The largest absolute Gasteiger partial charge is 0.392 e. The van der Waals surface area contributed by atoms with Crippen molar-refractivity contribution in [3.8, 4) is 0 Å². The van der Waals surface area contributed by atoms with Gasteiger partial charge in [0.05, 0.1) is 6.10 Å². The van der Waals surface area contributed by atoms with Crippen molar-refractivity contribution in [2.75, 3.05) is 26.2 Å². The summed E-state index contributed by atoms with van der Waals surface area (Å²) in [6, 6.07) is 0. The molecule has 0 fully saturated rings. The van der Waals surface area contributed by atoms with Gasteiger partial charge in [-0.1, -0.05) is 13.3 Å². The van der Waals surface area contributed by atoms with E-state index in [4.69, 9.17) is 5.73 Å². The van der Waals surface area contributed by atoms with E-state index in [2.05, 4.69) is 11.8 Å². The molecule has 0 rings (SSSR count). The molecule has 0 heterocycles. The molecule has 0 aromatic rings. The van der Waals surface area contributed by atoms with Crippen LogP contribution in [0.1, 0.15) is 33.1 Å². The van der Waals surface area contributed by atoms with Crippen LogP contribution in [-0.4, -0.2) is 42.3 Å². The van der Waals surface area contributed by atoms with Gasteiger partial charge < -0.3 is 15.7 Å². The minimum Gasteiger partial charge on any atom is -0.392 e. The molecule has 3 heteroatoms. The Morgan fingerprint density at radius 3 is 2.38 bits per heavy atom. The quantitative estimate of drug-likeness (QED) is 0.593. The first-order valence-electron chi connectivity index (χ1n) is 5.31. The van der Waals surface area contributed by atoms with Crippen LogP contribution in [0.3, 0.4) is 0 Å². The predicted octanol–water partition coefficient (Wildman–Crippen LogP) is 0.818. The Morgan fingerprint density at radius 2 is 1.92 bits per heavy atom. The summed E-state index contributed by atoms with van der Waals surface area (Å²) in [4.78, 5) is 2.29. The topological polar surface area (TPSA) is 49.5 Å². The molecular weight excluding hydrogens is 164 g/mol. The highest BCUT2D eigenvalue weighted by Gasteiger charge is 2.06. The second kappa shape index (κ2) is 8.48. The Hall–Kier alpha value is -0.120. The number of rotatable bonds is 8. The standard InChI is InChI=1S/C10H24N2O/c1-3-4-7-12(8-5-6-11)9-10(2)13/h10,13H,3-9,11H2,1-2H3. The molecule has 0 amide bonds. The van der Waals surface area contributed by atoms with E-state index in [1.165, 1.54) is 12.8 Å². The number of nitrogens with zero attached hydrogens (tertiary/aromatic N) is 1. The molecule has 1 atom stereocenters. The second-order valence-corrected chi connectivity index (χ2v) is 3.65. The molecule has 0 saturated carbocycles. The van der Waals surface area contributed by atoms with Gasteiger partial charge in [0.2, 0.25) is 0 Å². The van der Waals surface area contributed by atoms with E-state index in [0.29, 0.717) is 0 Å². The molecule has 13 heavy (non-hydrogen) atoms. The van der Waals surface area contributed by atoms with Crippen LogP contribution in [0.4, 0.5) is 0 Å². The zero-order valence-electron chi connectivity index (χ0n) is 9.00. The molecule has 0 spiro atoms. The van der Waals surface area contributed by atoms with E-state index in [9.17, 15) is 5.11 Å². The number of hydrogen-bond acceptors (Lipinski definition) is 3. The summed E-state index contributed by atoms with van der Waals surface area (Å²) in [6.07, 6.45) is 3.21. The van der Waals surface area contributed by atoms with Crippen molar-refractivity contribution in [3.05, 3.63) is 0 Å². The fraction of sp³-hybridized carbons (Fsp3) is 1.00. The lowest BCUT2D eigenvalue weighted by molar-refractivity contribution is 0.125. The minimum atomic E-state index is -0.227. The number of hydrogen-bond donors (Lipinski definition) is 2. The van der Waals surface area contributed by atoms with E-state index in [0.717, 1.165) is 32.6 Å². The normalized spacial score (nSPS) is 13.6. The van der Waals surface area contributed by atoms with Gasteiger partial charge in [-0.3, -0.25) is 0 Å². The first-order valence-corrected chi connectivity index (χ1v) is 5.31. The van der Waals surface area contributed by atoms with E-state index in [1.54, 1.807) is 0 Å². The summed E-state index contributed by atoms with van der Waals surface area (Å²) in [7, 11) is 0. The fourth-order valence-corrected chi connectivity index (χ4v) is 1.36. The van der Waals surface area contributed by atoms with Gasteiger partial charge in [-0.05, 0) is 39.4 Å². The SMILES string of the molecule is CCCCN(CCCN)CC(C)O. The molecule has 1 unspecified atom stereocenters. The van der Waals surface area contributed by atoms with Crippen LogP contribution in [0.25, 0.3) is 0 Å². The summed E-state index contributed by atoms with van der Waals surface area (Å²) < 4.78 is 0. The Bertz CT molecular complexity index is 99.1. The number of unbranched alkanes of at least 4 members (excludes halogenated alkanes) is 1. The molecule has 0 bridgehead atoms. The molecule has 80 valence electrons. The van der Waals surface area contributed by atoms with Gasteiger partial charge in [0.1, 0.15) is 0 Å². The molecule has 3 N–H and O–H groups in total.